The number of hydrazone groups is 2. The van der Waals surface area contributed by atoms with Gasteiger partial charge in [0.2, 0.25) is 0 Å². The second kappa shape index (κ2) is 7.77. The molecule has 0 radical (unpaired) electrons. The maximum Gasteiger partial charge on any atom is 0.346 e. The first-order valence-corrected chi connectivity index (χ1v) is 7.69. The van der Waals surface area contributed by atoms with Crippen LogP contribution in [0, 0.1) is 0 Å². The lowest BCUT2D eigenvalue weighted by molar-refractivity contribution is 0.169. The number of hydrogen-bond donors (Lipinski definition) is 0. The zero-order valence-corrected chi connectivity index (χ0v) is 14.3. The van der Waals surface area contributed by atoms with Gasteiger partial charge < -0.3 is 9.80 Å². The third kappa shape index (κ3) is 3.55. The number of nitrogens with zero attached hydrogens (tertiary/aromatic N) is 6. The van der Waals surface area contributed by atoms with Crippen LogP contribution in [-0.4, -0.2) is 69.7 Å². The van der Waals surface area contributed by atoms with E-state index < -0.39 is 0 Å². The molecule has 1 aliphatic rings. The molecule has 0 N–H and O–H groups in total. The van der Waals surface area contributed by atoms with Gasteiger partial charge in [0.1, 0.15) is 0 Å². The summed E-state index contributed by atoms with van der Waals surface area (Å²) >= 11 is 0. The van der Waals surface area contributed by atoms with Gasteiger partial charge in [-0.1, -0.05) is 0 Å². The van der Waals surface area contributed by atoms with Crippen molar-refractivity contribution in [2.24, 2.45) is 10.2 Å². The van der Waals surface area contributed by atoms with Gasteiger partial charge in [-0.3, -0.25) is 0 Å². The Labute approximate surface area is 132 Å². The van der Waals surface area contributed by atoms with Crippen LogP contribution in [-0.2, 0) is 0 Å². The molecule has 0 atom stereocenters. The number of urea groups is 2. The summed E-state index contributed by atoms with van der Waals surface area (Å²) in [5.74, 6) is 0.756. The molecule has 0 saturated heterocycles. The van der Waals surface area contributed by atoms with E-state index in [4.69, 9.17) is 0 Å². The van der Waals surface area contributed by atoms with Crippen LogP contribution in [0.5, 0.6) is 0 Å². The molecule has 0 unspecified atom stereocenters. The fraction of sp³-hybridized carbons (Fsp3) is 0.714. The molecule has 22 heavy (non-hydrogen) atoms. The quantitative estimate of drug-likeness (QED) is 0.798. The van der Waals surface area contributed by atoms with Crippen molar-refractivity contribution in [3.63, 3.8) is 0 Å². The fourth-order valence-electron chi connectivity index (χ4n) is 2.14. The zero-order chi connectivity index (χ0) is 16.9. The second-order valence-electron chi connectivity index (χ2n) is 4.83. The minimum absolute atomic E-state index is 0.236. The third-order valence-corrected chi connectivity index (χ3v) is 3.53. The first-order valence-electron chi connectivity index (χ1n) is 7.69. The van der Waals surface area contributed by atoms with Gasteiger partial charge in [-0.15, -0.1) is 10.2 Å². The van der Waals surface area contributed by atoms with Gasteiger partial charge in [0.15, 0.2) is 11.7 Å². The number of hydrogen-bond acceptors (Lipinski definition) is 4. The van der Waals surface area contributed by atoms with Crippen LogP contribution in [0.15, 0.2) is 10.2 Å². The predicted molar refractivity (Wildman–Crippen MR) is 86.5 cm³/mol. The molecular formula is C14H26N6O2. The lowest BCUT2D eigenvalue weighted by Gasteiger charge is -2.32. The van der Waals surface area contributed by atoms with E-state index >= 15 is 0 Å². The molecule has 8 nitrogen and oxygen atoms in total. The van der Waals surface area contributed by atoms with Crippen molar-refractivity contribution >= 4 is 23.7 Å². The van der Waals surface area contributed by atoms with E-state index in [0.29, 0.717) is 37.9 Å². The Morgan fingerprint density at radius 3 is 1.27 bits per heavy atom. The third-order valence-electron chi connectivity index (χ3n) is 3.53. The predicted octanol–water partition coefficient (Wildman–Crippen LogP) is 2.19. The highest BCUT2D eigenvalue weighted by Gasteiger charge is 2.30. The van der Waals surface area contributed by atoms with Crippen molar-refractivity contribution in [1.29, 1.82) is 0 Å². The first-order chi connectivity index (χ1) is 10.4. The van der Waals surface area contributed by atoms with E-state index in [9.17, 15) is 9.59 Å². The van der Waals surface area contributed by atoms with E-state index in [1.807, 2.05) is 27.7 Å². The van der Waals surface area contributed by atoms with Crippen LogP contribution in [0.25, 0.3) is 0 Å². The molecule has 0 spiro atoms. The van der Waals surface area contributed by atoms with Gasteiger partial charge in [0.25, 0.3) is 0 Å². The standard InChI is InChI=1S/C14H26N6O2/c1-7-17(8-2)13(21)19-11(5)16-20(12(6)15-19)14(22)18(9-3)10-4/h7-10H2,1-6H3. The van der Waals surface area contributed by atoms with Crippen molar-refractivity contribution in [2.75, 3.05) is 26.2 Å². The molecule has 8 heteroatoms. The SMILES string of the molecule is CCN(CC)C(=O)N1N=C(C)N(C(=O)N(CC)CC)N=C1C. The zero-order valence-electron chi connectivity index (χ0n) is 14.3. The Hall–Kier alpha value is -2.12. The maximum absolute atomic E-state index is 12.4. The lowest BCUT2D eigenvalue weighted by Crippen LogP contribution is -2.50. The van der Waals surface area contributed by atoms with Gasteiger partial charge >= 0.3 is 12.1 Å². The van der Waals surface area contributed by atoms with Crippen LogP contribution in [0.3, 0.4) is 0 Å². The van der Waals surface area contributed by atoms with Crippen molar-refractivity contribution in [1.82, 2.24) is 19.8 Å². The summed E-state index contributed by atoms with van der Waals surface area (Å²) < 4.78 is 0. The monoisotopic (exact) mass is 310 g/mol. The van der Waals surface area contributed by atoms with Crippen molar-refractivity contribution in [2.45, 2.75) is 41.5 Å². The van der Waals surface area contributed by atoms with E-state index in [0.717, 1.165) is 0 Å². The summed E-state index contributed by atoms with van der Waals surface area (Å²) in [7, 11) is 0. The lowest BCUT2D eigenvalue weighted by atomic mass is 10.5. The number of amides is 4. The van der Waals surface area contributed by atoms with E-state index in [2.05, 4.69) is 10.2 Å². The Morgan fingerprint density at radius 1 is 0.773 bits per heavy atom. The highest BCUT2D eigenvalue weighted by atomic mass is 16.2. The molecule has 1 rings (SSSR count). The summed E-state index contributed by atoms with van der Waals surface area (Å²) in [6.07, 6.45) is 0. The highest BCUT2D eigenvalue weighted by Crippen LogP contribution is 2.12. The summed E-state index contributed by atoms with van der Waals surface area (Å²) in [4.78, 5) is 28.1. The van der Waals surface area contributed by atoms with Crippen LogP contribution in [0.1, 0.15) is 41.5 Å². The molecule has 0 aromatic heterocycles. The maximum atomic E-state index is 12.4. The van der Waals surface area contributed by atoms with Crippen LogP contribution < -0.4 is 0 Å². The van der Waals surface area contributed by atoms with Gasteiger partial charge in [-0.25, -0.2) is 9.59 Å². The van der Waals surface area contributed by atoms with Crippen LogP contribution in [0.4, 0.5) is 9.59 Å². The largest absolute Gasteiger partial charge is 0.346 e. The topological polar surface area (TPSA) is 71.8 Å². The van der Waals surface area contributed by atoms with Crippen molar-refractivity contribution in [3.05, 3.63) is 0 Å². The summed E-state index contributed by atoms with van der Waals surface area (Å²) in [5.41, 5.74) is 0. The van der Waals surface area contributed by atoms with Gasteiger partial charge in [0, 0.05) is 26.2 Å². The van der Waals surface area contributed by atoms with Crippen molar-refractivity contribution < 1.29 is 9.59 Å². The molecule has 1 aliphatic heterocycles. The minimum Gasteiger partial charge on any atom is -0.323 e. The van der Waals surface area contributed by atoms with Crippen LogP contribution >= 0.6 is 0 Å². The smallest absolute Gasteiger partial charge is 0.323 e. The van der Waals surface area contributed by atoms with Gasteiger partial charge in [0.05, 0.1) is 0 Å². The van der Waals surface area contributed by atoms with E-state index in [1.165, 1.54) is 10.0 Å². The summed E-state index contributed by atoms with van der Waals surface area (Å²) in [6.45, 7) is 13.3. The molecule has 0 aliphatic carbocycles. The molecule has 0 aromatic rings. The number of carbonyl (C=O) groups excluding carboxylic acids is 2. The Kier molecular flexibility index (Phi) is 6.33. The van der Waals surface area contributed by atoms with E-state index in [1.54, 1.807) is 23.6 Å². The minimum atomic E-state index is -0.236. The summed E-state index contributed by atoms with van der Waals surface area (Å²) in [6, 6.07) is -0.471. The normalized spacial score (nSPS) is 14.5. The van der Waals surface area contributed by atoms with Crippen LogP contribution in [0.2, 0.25) is 0 Å². The second-order valence-corrected chi connectivity index (χ2v) is 4.83. The van der Waals surface area contributed by atoms with Gasteiger partial charge in [-0.05, 0) is 41.5 Å². The Morgan fingerprint density at radius 2 is 1.05 bits per heavy atom. The average molecular weight is 310 g/mol. The molecule has 0 saturated carbocycles. The molecule has 1 heterocycles. The molecule has 0 aromatic carbocycles. The number of amidine groups is 2. The Bertz CT molecular complexity index is 436. The highest BCUT2D eigenvalue weighted by molar-refractivity contribution is 6.04. The molecule has 0 fully saturated rings. The van der Waals surface area contributed by atoms with E-state index in [-0.39, 0.29) is 12.1 Å². The van der Waals surface area contributed by atoms with Gasteiger partial charge in [-0.2, -0.15) is 10.0 Å². The first kappa shape index (κ1) is 17.9. The molecule has 4 amide bonds. The molecule has 0 bridgehead atoms. The average Bonchev–Trinajstić information content (AvgIpc) is 2.51. The Balaban J connectivity index is 2.99. The number of carbonyl (C=O) groups is 2. The molecular weight excluding hydrogens is 284 g/mol. The van der Waals surface area contributed by atoms with Crippen molar-refractivity contribution in [3.8, 4) is 0 Å². The summed E-state index contributed by atoms with van der Waals surface area (Å²) in [5, 5.41) is 11.0. The molecule has 124 valence electrons. The fourth-order valence-corrected chi connectivity index (χ4v) is 2.14. The number of rotatable bonds is 4.